The Morgan fingerprint density at radius 3 is 3.05 bits per heavy atom. The summed E-state index contributed by atoms with van der Waals surface area (Å²) in [7, 11) is 0. The summed E-state index contributed by atoms with van der Waals surface area (Å²) < 4.78 is 13.4. The predicted octanol–water partition coefficient (Wildman–Crippen LogP) is 1.04. The lowest BCUT2D eigenvalue weighted by molar-refractivity contribution is -0.123. The zero-order valence-corrected chi connectivity index (χ0v) is 12.1. The number of hydrogen-bond donors (Lipinski definition) is 2. The average molecular weight is 279 g/mol. The lowest BCUT2D eigenvalue weighted by Gasteiger charge is -2.33. The molecule has 1 fully saturated rings. The van der Waals surface area contributed by atoms with Crippen LogP contribution in [-0.4, -0.2) is 43.0 Å². The maximum Gasteiger partial charge on any atom is 0.234 e. The van der Waals surface area contributed by atoms with Crippen molar-refractivity contribution in [1.82, 2.24) is 15.5 Å². The summed E-state index contributed by atoms with van der Waals surface area (Å²) in [5.74, 6) is -0.243. The van der Waals surface area contributed by atoms with Crippen LogP contribution in [0.15, 0.2) is 18.2 Å². The molecule has 0 bridgehead atoms. The monoisotopic (exact) mass is 279 g/mol. The fourth-order valence-corrected chi connectivity index (χ4v) is 2.31. The Labute approximate surface area is 119 Å². The lowest BCUT2D eigenvalue weighted by Crippen LogP contribution is -2.52. The van der Waals surface area contributed by atoms with Gasteiger partial charge in [0, 0.05) is 32.2 Å². The second-order valence-electron chi connectivity index (χ2n) is 5.38. The molecule has 1 aromatic carbocycles. The summed E-state index contributed by atoms with van der Waals surface area (Å²) in [6, 6.07) is 5.41. The van der Waals surface area contributed by atoms with E-state index in [1.165, 1.54) is 6.07 Å². The van der Waals surface area contributed by atoms with E-state index >= 15 is 0 Å². The van der Waals surface area contributed by atoms with E-state index in [-0.39, 0.29) is 11.7 Å². The minimum atomic E-state index is -0.229. The van der Waals surface area contributed by atoms with E-state index in [0.29, 0.717) is 24.7 Å². The maximum absolute atomic E-state index is 13.4. The van der Waals surface area contributed by atoms with E-state index in [1.807, 2.05) is 6.07 Å². The van der Waals surface area contributed by atoms with Crippen molar-refractivity contribution < 1.29 is 9.18 Å². The molecule has 1 aliphatic heterocycles. The summed E-state index contributed by atoms with van der Waals surface area (Å²) >= 11 is 0. The number of carbonyl (C=O) groups excluding carboxylic acids is 1. The molecule has 0 radical (unpaired) electrons. The normalized spacial score (nSPS) is 19.9. The van der Waals surface area contributed by atoms with Gasteiger partial charge in [0.05, 0.1) is 6.54 Å². The molecule has 1 aliphatic rings. The number of amides is 1. The Bertz CT molecular complexity index is 478. The van der Waals surface area contributed by atoms with Crippen molar-refractivity contribution in [2.75, 3.05) is 26.2 Å². The van der Waals surface area contributed by atoms with Crippen LogP contribution in [0, 0.1) is 12.7 Å². The number of hydrogen-bond acceptors (Lipinski definition) is 3. The summed E-state index contributed by atoms with van der Waals surface area (Å²) in [5, 5.41) is 6.14. The quantitative estimate of drug-likeness (QED) is 0.866. The molecule has 2 rings (SSSR count). The number of piperazine rings is 1. The van der Waals surface area contributed by atoms with Crippen LogP contribution in [0.2, 0.25) is 0 Å². The molecule has 20 heavy (non-hydrogen) atoms. The van der Waals surface area contributed by atoms with Gasteiger partial charge < -0.3 is 10.6 Å². The largest absolute Gasteiger partial charge is 0.351 e. The Balaban J connectivity index is 1.81. The molecule has 0 saturated carbocycles. The molecule has 1 aromatic rings. The molecular weight excluding hydrogens is 257 g/mol. The van der Waals surface area contributed by atoms with Gasteiger partial charge in [-0.2, -0.15) is 0 Å². The highest BCUT2D eigenvalue weighted by Gasteiger charge is 2.19. The van der Waals surface area contributed by atoms with Gasteiger partial charge in [0.15, 0.2) is 0 Å². The third kappa shape index (κ3) is 4.02. The standard InChI is InChI=1S/C15H22FN3O/c1-11-3-4-13(7-14(11)16)9-18-15(20)10-19-6-5-17-8-12(19)2/h3-4,7,12,17H,5-6,8-10H2,1-2H3,(H,18,20). The zero-order valence-electron chi connectivity index (χ0n) is 12.1. The Kier molecular flexibility index (Phi) is 5.09. The van der Waals surface area contributed by atoms with Gasteiger partial charge in [0.1, 0.15) is 5.82 Å². The van der Waals surface area contributed by atoms with E-state index in [2.05, 4.69) is 22.5 Å². The first-order valence-electron chi connectivity index (χ1n) is 7.03. The minimum absolute atomic E-state index is 0.0141. The van der Waals surface area contributed by atoms with Gasteiger partial charge in [-0.1, -0.05) is 12.1 Å². The van der Waals surface area contributed by atoms with Crippen molar-refractivity contribution in [2.45, 2.75) is 26.4 Å². The van der Waals surface area contributed by atoms with E-state index in [9.17, 15) is 9.18 Å². The smallest absolute Gasteiger partial charge is 0.234 e. The van der Waals surface area contributed by atoms with Gasteiger partial charge in [-0.15, -0.1) is 0 Å². The summed E-state index contributed by atoms with van der Waals surface area (Å²) in [6.07, 6.45) is 0. The summed E-state index contributed by atoms with van der Waals surface area (Å²) in [5.41, 5.74) is 1.41. The summed E-state index contributed by atoms with van der Waals surface area (Å²) in [6.45, 7) is 7.32. The van der Waals surface area contributed by atoms with Crippen molar-refractivity contribution in [1.29, 1.82) is 0 Å². The highest BCUT2D eigenvalue weighted by molar-refractivity contribution is 5.78. The molecule has 1 heterocycles. The SMILES string of the molecule is Cc1ccc(CNC(=O)CN2CCNCC2C)cc1F. The molecule has 0 spiro atoms. The number of benzene rings is 1. The number of nitrogens with zero attached hydrogens (tertiary/aromatic N) is 1. The van der Waals surface area contributed by atoms with Gasteiger partial charge in [-0.25, -0.2) is 4.39 Å². The number of aryl methyl sites for hydroxylation is 1. The van der Waals surface area contributed by atoms with E-state index in [1.54, 1.807) is 13.0 Å². The van der Waals surface area contributed by atoms with Crippen molar-refractivity contribution in [3.05, 3.63) is 35.1 Å². The highest BCUT2D eigenvalue weighted by Crippen LogP contribution is 2.09. The van der Waals surface area contributed by atoms with Gasteiger partial charge in [-0.05, 0) is 31.0 Å². The molecule has 0 aliphatic carbocycles. The van der Waals surface area contributed by atoms with Gasteiger partial charge in [0.2, 0.25) is 5.91 Å². The number of rotatable bonds is 4. The fourth-order valence-electron chi connectivity index (χ4n) is 2.31. The third-order valence-electron chi connectivity index (χ3n) is 3.71. The zero-order chi connectivity index (χ0) is 14.5. The minimum Gasteiger partial charge on any atom is -0.351 e. The highest BCUT2D eigenvalue weighted by atomic mass is 19.1. The topological polar surface area (TPSA) is 44.4 Å². The second-order valence-corrected chi connectivity index (χ2v) is 5.38. The van der Waals surface area contributed by atoms with E-state index in [0.717, 1.165) is 25.2 Å². The first-order valence-corrected chi connectivity index (χ1v) is 7.03. The van der Waals surface area contributed by atoms with Gasteiger partial charge in [-0.3, -0.25) is 9.69 Å². The van der Waals surface area contributed by atoms with Crippen LogP contribution in [0.25, 0.3) is 0 Å². The summed E-state index contributed by atoms with van der Waals surface area (Å²) in [4.78, 5) is 14.1. The van der Waals surface area contributed by atoms with Crippen LogP contribution in [-0.2, 0) is 11.3 Å². The van der Waals surface area contributed by atoms with Crippen molar-refractivity contribution in [2.24, 2.45) is 0 Å². The van der Waals surface area contributed by atoms with Crippen LogP contribution < -0.4 is 10.6 Å². The average Bonchev–Trinajstić information content (AvgIpc) is 2.43. The van der Waals surface area contributed by atoms with Crippen LogP contribution in [0.5, 0.6) is 0 Å². The molecule has 1 amide bonds. The van der Waals surface area contributed by atoms with Crippen LogP contribution in [0.4, 0.5) is 4.39 Å². The van der Waals surface area contributed by atoms with Crippen LogP contribution >= 0.6 is 0 Å². The number of nitrogens with one attached hydrogen (secondary N) is 2. The molecular formula is C15H22FN3O. The van der Waals surface area contributed by atoms with Crippen molar-refractivity contribution in [3.8, 4) is 0 Å². The van der Waals surface area contributed by atoms with Crippen LogP contribution in [0.1, 0.15) is 18.1 Å². The van der Waals surface area contributed by atoms with Gasteiger partial charge in [0.25, 0.3) is 0 Å². The molecule has 5 heteroatoms. The lowest BCUT2D eigenvalue weighted by atomic mass is 10.1. The maximum atomic E-state index is 13.4. The third-order valence-corrected chi connectivity index (χ3v) is 3.71. The first-order chi connectivity index (χ1) is 9.56. The molecule has 1 unspecified atom stereocenters. The van der Waals surface area contributed by atoms with Gasteiger partial charge >= 0.3 is 0 Å². The molecule has 0 aromatic heterocycles. The fraction of sp³-hybridized carbons (Fsp3) is 0.533. The number of halogens is 1. The first kappa shape index (κ1) is 14.9. The second kappa shape index (κ2) is 6.81. The molecule has 1 atom stereocenters. The van der Waals surface area contributed by atoms with E-state index < -0.39 is 0 Å². The Morgan fingerprint density at radius 1 is 1.55 bits per heavy atom. The molecule has 2 N–H and O–H groups in total. The van der Waals surface area contributed by atoms with Crippen molar-refractivity contribution >= 4 is 5.91 Å². The van der Waals surface area contributed by atoms with E-state index in [4.69, 9.17) is 0 Å². The van der Waals surface area contributed by atoms with Crippen molar-refractivity contribution in [3.63, 3.8) is 0 Å². The Hall–Kier alpha value is -1.46. The predicted molar refractivity (Wildman–Crippen MR) is 76.9 cm³/mol. The van der Waals surface area contributed by atoms with Crippen LogP contribution in [0.3, 0.4) is 0 Å². The molecule has 4 nitrogen and oxygen atoms in total. The Morgan fingerprint density at radius 2 is 2.35 bits per heavy atom. The molecule has 1 saturated heterocycles. The molecule has 110 valence electrons. The number of carbonyl (C=O) groups is 1.